The number of benzene rings is 1. The highest BCUT2D eigenvalue weighted by atomic mass is 32.1. The third kappa shape index (κ3) is 5.35. The van der Waals surface area contributed by atoms with Crippen molar-refractivity contribution in [3.8, 4) is 5.75 Å². The van der Waals surface area contributed by atoms with Gasteiger partial charge in [0.05, 0.1) is 12.3 Å². The highest BCUT2D eigenvalue weighted by Gasteiger charge is 2.15. The predicted octanol–water partition coefficient (Wildman–Crippen LogP) is 2.22. The van der Waals surface area contributed by atoms with Crippen LogP contribution in [0.5, 0.6) is 5.75 Å². The number of ether oxygens (including phenoxy) is 1. The van der Waals surface area contributed by atoms with Crippen LogP contribution in [-0.2, 0) is 4.74 Å². The minimum absolute atomic E-state index is 0.197. The highest BCUT2D eigenvalue weighted by Crippen LogP contribution is 2.23. The molecule has 1 atom stereocenters. The van der Waals surface area contributed by atoms with E-state index >= 15 is 0 Å². The van der Waals surface area contributed by atoms with E-state index in [0.29, 0.717) is 17.2 Å². The lowest BCUT2D eigenvalue weighted by Crippen LogP contribution is -2.37. The van der Waals surface area contributed by atoms with Crippen molar-refractivity contribution in [1.82, 2.24) is 10.7 Å². The van der Waals surface area contributed by atoms with Crippen LogP contribution in [0.2, 0.25) is 0 Å². The Balaban J connectivity index is 1.83. The Morgan fingerprint density at radius 2 is 2.25 bits per heavy atom. The molecule has 1 aromatic carbocycles. The second kappa shape index (κ2) is 9.44. The first-order chi connectivity index (χ1) is 11.6. The molecule has 1 saturated heterocycles. The number of hydrogen-bond donors (Lipinski definition) is 3. The van der Waals surface area contributed by atoms with Crippen molar-refractivity contribution in [1.29, 1.82) is 0 Å². The SMILES string of the molecule is CCN(CC)c1ccc(/C=N\NC(=S)NC[C@@H]2CCCO2)c(O)c1. The van der Waals surface area contributed by atoms with E-state index in [1.165, 1.54) is 0 Å². The van der Waals surface area contributed by atoms with Crippen LogP contribution in [0, 0.1) is 0 Å². The van der Waals surface area contributed by atoms with E-state index < -0.39 is 0 Å². The van der Waals surface area contributed by atoms with Gasteiger partial charge in [0.2, 0.25) is 0 Å². The molecule has 24 heavy (non-hydrogen) atoms. The average molecular weight is 350 g/mol. The largest absolute Gasteiger partial charge is 0.507 e. The molecule has 0 spiro atoms. The Morgan fingerprint density at radius 3 is 2.88 bits per heavy atom. The lowest BCUT2D eigenvalue weighted by atomic mass is 10.2. The van der Waals surface area contributed by atoms with Gasteiger partial charge in [0, 0.05) is 43.6 Å². The average Bonchev–Trinajstić information content (AvgIpc) is 3.09. The van der Waals surface area contributed by atoms with Gasteiger partial charge >= 0.3 is 0 Å². The van der Waals surface area contributed by atoms with E-state index in [9.17, 15) is 5.11 Å². The Kier molecular flexibility index (Phi) is 7.27. The van der Waals surface area contributed by atoms with Gasteiger partial charge in [-0.1, -0.05) is 0 Å². The zero-order valence-electron chi connectivity index (χ0n) is 14.3. The van der Waals surface area contributed by atoms with Crippen LogP contribution in [0.15, 0.2) is 23.3 Å². The number of thiocarbonyl (C=S) groups is 1. The molecule has 3 N–H and O–H groups in total. The molecule has 0 bridgehead atoms. The molecule has 0 radical (unpaired) electrons. The second-order valence-electron chi connectivity index (χ2n) is 5.63. The molecule has 1 fully saturated rings. The van der Waals surface area contributed by atoms with Gasteiger partial charge in [0.15, 0.2) is 5.11 Å². The third-order valence-corrected chi connectivity index (χ3v) is 4.26. The molecular weight excluding hydrogens is 324 g/mol. The van der Waals surface area contributed by atoms with E-state index in [2.05, 4.69) is 34.6 Å². The number of nitrogens with one attached hydrogen (secondary N) is 2. The molecule has 0 saturated carbocycles. The van der Waals surface area contributed by atoms with E-state index in [4.69, 9.17) is 17.0 Å². The number of phenols is 1. The molecule has 0 amide bonds. The van der Waals surface area contributed by atoms with Crippen LogP contribution in [0.25, 0.3) is 0 Å². The fourth-order valence-corrected chi connectivity index (χ4v) is 2.77. The number of hydrazone groups is 1. The summed E-state index contributed by atoms with van der Waals surface area (Å²) in [6.45, 7) is 7.48. The van der Waals surface area contributed by atoms with E-state index in [-0.39, 0.29) is 11.9 Å². The van der Waals surface area contributed by atoms with Crippen molar-refractivity contribution < 1.29 is 9.84 Å². The van der Waals surface area contributed by atoms with Crippen LogP contribution < -0.4 is 15.6 Å². The molecule has 1 aliphatic heterocycles. The van der Waals surface area contributed by atoms with E-state index in [1.54, 1.807) is 12.3 Å². The summed E-state index contributed by atoms with van der Waals surface area (Å²) in [4.78, 5) is 2.17. The first-order valence-electron chi connectivity index (χ1n) is 8.40. The second-order valence-corrected chi connectivity index (χ2v) is 6.04. The van der Waals surface area contributed by atoms with Crippen LogP contribution in [0.4, 0.5) is 5.69 Å². The highest BCUT2D eigenvalue weighted by molar-refractivity contribution is 7.80. The fourth-order valence-electron chi connectivity index (χ4n) is 2.64. The number of hydrogen-bond acceptors (Lipinski definition) is 5. The summed E-state index contributed by atoms with van der Waals surface area (Å²) in [5.74, 6) is 0.197. The Hall–Kier alpha value is -1.86. The van der Waals surface area contributed by atoms with Gasteiger partial charge in [-0.25, -0.2) is 0 Å². The molecule has 7 heteroatoms. The predicted molar refractivity (Wildman–Crippen MR) is 102 cm³/mol. The Bertz CT molecular complexity index is 570. The first kappa shape index (κ1) is 18.5. The summed E-state index contributed by atoms with van der Waals surface area (Å²) in [5, 5.41) is 17.7. The first-order valence-corrected chi connectivity index (χ1v) is 8.81. The monoisotopic (exact) mass is 350 g/mol. The third-order valence-electron chi connectivity index (χ3n) is 4.03. The zero-order chi connectivity index (χ0) is 17.4. The van der Waals surface area contributed by atoms with Crippen molar-refractivity contribution in [2.45, 2.75) is 32.8 Å². The Labute approximate surface area is 148 Å². The topological polar surface area (TPSA) is 69.1 Å². The normalized spacial score (nSPS) is 17.2. The fraction of sp³-hybridized carbons (Fsp3) is 0.529. The lowest BCUT2D eigenvalue weighted by molar-refractivity contribution is 0.114. The number of aromatic hydroxyl groups is 1. The molecule has 0 aliphatic carbocycles. The summed E-state index contributed by atoms with van der Waals surface area (Å²) >= 11 is 5.16. The smallest absolute Gasteiger partial charge is 0.187 e. The minimum atomic E-state index is 0.197. The molecule has 1 aromatic rings. The van der Waals surface area contributed by atoms with Crippen molar-refractivity contribution in [2.24, 2.45) is 5.10 Å². The molecular formula is C17H26N4O2S. The van der Waals surface area contributed by atoms with Gasteiger partial charge in [-0.2, -0.15) is 5.10 Å². The lowest BCUT2D eigenvalue weighted by Gasteiger charge is -2.21. The number of nitrogens with zero attached hydrogens (tertiary/aromatic N) is 2. The van der Waals surface area contributed by atoms with Crippen molar-refractivity contribution >= 4 is 29.2 Å². The summed E-state index contributed by atoms with van der Waals surface area (Å²) in [6.07, 6.45) is 3.95. The van der Waals surface area contributed by atoms with Crippen LogP contribution in [-0.4, -0.2) is 48.8 Å². The van der Waals surface area contributed by atoms with Gasteiger partial charge in [0.1, 0.15) is 5.75 Å². The maximum Gasteiger partial charge on any atom is 0.187 e. The summed E-state index contributed by atoms with van der Waals surface area (Å²) < 4.78 is 5.52. The molecule has 6 nitrogen and oxygen atoms in total. The molecule has 1 aliphatic rings. The quantitative estimate of drug-likeness (QED) is 0.398. The van der Waals surface area contributed by atoms with Crippen LogP contribution >= 0.6 is 12.2 Å². The molecule has 0 aromatic heterocycles. The Morgan fingerprint density at radius 1 is 1.46 bits per heavy atom. The van der Waals surface area contributed by atoms with Crippen molar-refractivity contribution in [2.75, 3.05) is 31.1 Å². The van der Waals surface area contributed by atoms with Gasteiger partial charge in [-0.15, -0.1) is 0 Å². The van der Waals surface area contributed by atoms with Gasteiger partial charge < -0.3 is 20.1 Å². The zero-order valence-corrected chi connectivity index (χ0v) is 15.1. The summed E-state index contributed by atoms with van der Waals surface area (Å²) in [7, 11) is 0. The van der Waals surface area contributed by atoms with Crippen molar-refractivity contribution in [3.05, 3.63) is 23.8 Å². The van der Waals surface area contributed by atoms with Crippen LogP contribution in [0.3, 0.4) is 0 Å². The molecule has 1 heterocycles. The van der Waals surface area contributed by atoms with Crippen molar-refractivity contribution in [3.63, 3.8) is 0 Å². The van der Waals surface area contributed by atoms with Gasteiger partial charge in [-0.05, 0) is 51.0 Å². The summed E-state index contributed by atoms with van der Waals surface area (Å²) in [6, 6.07) is 5.57. The van der Waals surface area contributed by atoms with Gasteiger partial charge in [-0.3, -0.25) is 5.43 Å². The maximum absolute atomic E-state index is 10.1. The van der Waals surface area contributed by atoms with Crippen LogP contribution in [0.1, 0.15) is 32.3 Å². The summed E-state index contributed by atoms with van der Waals surface area (Å²) in [5.41, 5.74) is 4.39. The van der Waals surface area contributed by atoms with E-state index in [0.717, 1.165) is 38.2 Å². The maximum atomic E-state index is 10.1. The molecule has 0 unspecified atom stereocenters. The molecule has 2 rings (SSSR count). The number of rotatable bonds is 7. The number of anilines is 1. The minimum Gasteiger partial charge on any atom is -0.507 e. The van der Waals surface area contributed by atoms with Gasteiger partial charge in [0.25, 0.3) is 0 Å². The standard InChI is InChI=1S/C17H26N4O2S/c1-3-21(4-2)14-8-7-13(16(22)10-14)11-19-20-17(24)18-12-15-6-5-9-23-15/h7-8,10-11,15,22H,3-6,9,12H2,1-2H3,(H2,18,20,24)/b19-11-/t15-/m0/s1. The number of phenolic OH excluding ortho intramolecular Hbond substituents is 1. The van der Waals surface area contributed by atoms with E-state index in [1.807, 2.05) is 12.1 Å². The molecule has 132 valence electrons.